The molecule has 0 amide bonds. The summed E-state index contributed by atoms with van der Waals surface area (Å²) in [6.45, 7) is 3.90. The van der Waals surface area contributed by atoms with Gasteiger partial charge in [0.25, 0.3) is 0 Å². The second-order valence-electron chi connectivity index (χ2n) is 8.62. The second-order valence-corrected chi connectivity index (χ2v) is 9.88. The lowest BCUT2D eigenvalue weighted by Crippen LogP contribution is -2.22. The summed E-state index contributed by atoms with van der Waals surface area (Å²) >= 11 is 1.71. The Morgan fingerprint density at radius 1 is 1.29 bits per heavy atom. The van der Waals surface area contributed by atoms with Gasteiger partial charge in [0, 0.05) is 41.9 Å². The standard InChI is InChI=1S/C23H30O4S/c1-2-4-18-6-7-19(28-18)12-20-21(24)11-17(27-22(20)25)14-23(8-9-23)13-16-5-3-10-26-15-16/h6-7,11,16,24H,2-5,8-10,12-15H2,1H3. The van der Waals surface area contributed by atoms with Crippen LogP contribution in [0, 0.1) is 11.3 Å². The van der Waals surface area contributed by atoms with E-state index in [-0.39, 0.29) is 11.2 Å². The first-order chi connectivity index (χ1) is 13.6. The van der Waals surface area contributed by atoms with Crippen molar-refractivity contribution in [1.82, 2.24) is 0 Å². The molecule has 152 valence electrons. The second kappa shape index (κ2) is 8.42. The monoisotopic (exact) mass is 402 g/mol. The lowest BCUT2D eigenvalue weighted by molar-refractivity contribution is 0.0426. The van der Waals surface area contributed by atoms with E-state index in [1.807, 2.05) is 6.07 Å². The van der Waals surface area contributed by atoms with Gasteiger partial charge in [0.2, 0.25) is 0 Å². The molecule has 1 N–H and O–H groups in total. The number of thiophene rings is 1. The molecule has 1 aliphatic heterocycles. The van der Waals surface area contributed by atoms with Gasteiger partial charge in [-0.15, -0.1) is 11.3 Å². The van der Waals surface area contributed by atoms with Crippen LogP contribution in [0.25, 0.3) is 0 Å². The third-order valence-electron chi connectivity index (χ3n) is 6.12. The molecule has 0 spiro atoms. The molecule has 1 atom stereocenters. The van der Waals surface area contributed by atoms with Crippen molar-refractivity contribution in [3.05, 3.63) is 49.7 Å². The molecule has 4 rings (SSSR count). The lowest BCUT2D eigenvalue weighted by Gasteiger charge is -2.26. The van der Waals surface area contributed by atoms with E-state index in [9.17, 15) is 9.90 Å². The van der Waals surface area contributed by atoms with Crippen molar-refractivity contribution in [2.75, 3.05) is 13.2 Å². The molecule has 2 aromatic heterocycles. The minimum absolute atomic E-state index is 0.0773. The van der Waals surface area contributed by atoms with Gasteiger partial charge in [-0.3, -0.25) is 0 Å². The average Bonchev–Trinajstić information content (AvgIpc) is 3.26. The minimum Gasteiger partial charge on any atom is -0.507 e. The van der Waals surface area contributed by atoms with Crippen LogP contribution in [-0.4, -0.2) is 18.3 Å². The Bertz CT molecular complexity index is 856. The molecule has 2 aromatic rings. The SMILES string of the molecule is CCCc1ccc(Cc2c(O)cc(CC3(CC4CCCOC4)CC3)oc2=O)s1. The highest BCUT2D eigenvalue weighted by atomic mass is 32.1. The molecule has 0 radical (unpaired) electrons. The van der Waals surface area contributed by atoms with Crippen molar-refractivity contribution in [2.24, 2.45) is 11.3 Å². The molecule has 0 aromatic carbocycles. The summed E-state index contributed by atoms with van der Waals surface area (Å²) in [6, 6.07) is 5.84. The highest BCUT2D eigenvalue weighted by Crippen LogP contribution is 2.54. The Morgan fingerprint density at radius 2 is 2.11 bits per heavy atom. The van der Waals surface area contributed by atoms with Crippen LogP contribution >= 0.6 is 11.3 Å². The zero-order valence-electron chi connectivity index (χ0n) is 16.7. The quantitative estimate of drug-likeness (QED) is 0.668. The van der Waals surface area contributed by atoms with Gasteiger partial charge in [0.05, 0.1) is 5.56 Å². The largest absolute Gasteiger partial charge is 0.507 e. The van der Waals surface area contributed by atoms with E-state index in [0.29, 0.717) is 23.7 Å². The van der Waals surface area contributed by atoms with Crippen LogP contribution in [-0.2, 0) is 24.0 Å². The van der Waals surface area contributed by atoms with Crippen molar-refractivity contribution in [1.29, 1.82) is 0 Å². The van der Waals surface area contributed by atoms with Crippen molar-refractivity contribution < 1.29 is 14.3 Å². The van der Waals surface area contributed by atoms with Crippen molar-refractivity contribution in [3.63, 3.8) is 0 Å². The number of aryl methyl sites for hydroxylation is 1. The fourth-order valence-electron chi connectivity index (χ4n) is 4.46. The van der Waals surface area contributed by atoms with Crippen LogP contribution in [0.15, 0.2) is 27.4 Å². The first-order valence-corrected chi connectivity index (χ1v) is 11.4. The molecular formula is C23H30O4S. The van der Waals surface area contributed by atoms with Gasteiger partial charge in [-0.2, -0.15) is 0 Å². The molecule has 2 fully saturated rings. The van der Waals surface area contributed by atoms with Gasteiger partial charge < -0.3 is 14.3 Å². The molecule has 1 saturated heterocycles. The summed E-state index contributed by atoms with van der Waals surface area (Å²) in [5.41, 5.74) is 0.217. The molecule has 2 aliphatic rings. The number of ether oxygens (including phenoxy) is 1. The van der Waals surface area contributed by atoms with E-state index >= 15 is 0 Å². The summed E-state index contributed by atoms with van der Waals surface area (Å²) in [7, 11) is 0. The zero-order chi connectivity index (χ0) is 19.6. The Kier molecular flexibility index (Phi) is 5.93. The summed E-state index contributed by atoms with van der Waals surface area (Å²) < 4.78 is 11.3. The Labute approximate surface area is 170 Å². The van der Waals surface area contributed by atoms with Gasteiger partial charge in [-0.25, -0.2) is 4.79 Å². The molecule has 1 saturated carbocycles. The van der Waals surface area contributed by atoms with Crippen molar-refractivity contribution in [2.45, 2.75) is 64.7 Å². The Balaban J connectivity index is 1.44. The van der Waals surface area contributed by atoms with Crippen LogP contribution < -0.4 is 5.63 Å². The summed E-state index contributed by atoms with van der Waals surface area (Å²) in [5.74, 6) is 1.32. The highest BCUT2D eigenvalue weighted by Gasteiger charge is 2.45. The van der Waals surface area contributed by atoms with Gasteiger partial charge in [0.15, 0.2) is 0 Å². The van der Waals surface area contributed by atoms with Gasteiger partial charge in [0.1, 0.15) is 11.5 Å². The van der Waals surface area contributed by atoms with Crippen LogP contribution in [0.4, 0.5) is 0 Å². The first kappa shape index (κ1) is 19.7. The van der Waals surface area contributed by atoms with Gasteiger partial charge in [-0.1, -0.05) is 13.3 Å². The topological polar surface area (TPSA) is 59.7 Å². The van der Waals surface area contributed by atoms with E-state index in [2.05, 4.69) is 13.0 Å². The predicted octanol–water partition coefficient (Wildman–Crippen LogP) is 5.09. The van der Waals surface area contributed by atoms with Gasteiger partial charge in [-0.05, 0) is 62.0 Å². The fraction of sp³-hybridized carbons (Fsp3) is 0.609. The molecule has 1 unspecified atom stereocenters. The molecule has 1 aliphatic carbocycles. The van der Waals surface area contributed by atoms with Crippen LogP contribution in [0.3, 0.4) is 0 Å². The van der Waals surface area contributed by atoms with E-state index < -0.39 is 5.63 Å². The van der Waals surface area contributed by atoms with Crippen LogP contribution in [0.5, 0.6) is 5.75 Å². The molecule has 5 heteroatoms. The number of aromatic hydroxyl groups is 1. The molecule has 4 nitrogen and oxygen atoms in total. The Hall–Kier alpha value is -1.59. The van der Waals surface area contributed by atoms with Gasteiger partial charge >= 0.3 is 5.63 Å². The van der Waals surface area contributed by atoms with E-state index in [0.717, 1.165) is 50.2 Å². The van der Waals surface area contributed by atoms with E-state index in [1.165, 1.54) is 24.1 Å². The number of rotatable bonds is 8. The average molecular weight is 403 g/mol. The normalized spacial score (nSPS) is 21.0. The summed E-state index contributed by atoms with van der Waals surface area (Å²) in [6.07, 6.45) is 9.20. The predicted molar refractivity (Wildman–Crippen MR) is 111 cm³/mol. The smallest absolute Gasteiger partial charge is 0.343 e. The molecule has 3 heterocycles. The van der Waals surface area contributed by atoms with E-state index in [1.54, 1.807) is 17.4 Å². The Morgan fingerprint density at radius 3 is 2.79 bits per heavy atom. The third kappa shape index (κ3) is 4.69. The van der Waals surface area contributed by atoms with Crippen molar-refractivity contribution in [3.8, 4) is 5.75 Å². The highest BCUT2D eigenvalue weighted by molar-refractivity contribution is 7.12. The molecule has 28 heavy (non-hydrogen) atoms. The molecule has 0 bridgehead atoms. The fourth-order valence-corrected chi connectivity index (χ4v) is 5.59. The maximum atomic E-state index is 12.6. The maximum absolute atomic E-state index is 12.6. The lowest BCUT2D eigenvalue weighted by atomic mass is 9.85. The maximum Gasteiger partial charge on any atom is 0.343 e. The summed E-state index contributed by atoms with van der Waals surface area (Å²) in [4.78, 5) is 15.0. The third-order valence-corrected chi connectivity index (χ3v) is 7.27. The first-order valence-electron chi connectivity index (χ1n) is 10.6. The zero-order valence-corrected chi connectivity index (χ0v) is 17.5. The van der Waals surface area contributed by atoms with Crippen LogP contribution in [0.2, 0.25) is 0 Å². The minimum atomic E-state index is -0.391. The van der Waals surface area contributed by atoms with Crippen molar-refractivity contribution >= 4 is 11.3 Å². The number of hydrogen-bond acceptors (Lipinski definition) is 5. The van der Waals surface area contributed by atoms with E-state index in [4.69, 9.17) is 9.15 Å². The summed E-state index contributed by atoms with van der Waals surface area (Å²) in [5, 5.41) is 10.5. The number of hydrogen-bond donors (Lipinski definition) is 1. The van der Waals surface area contributed by atoms with Crippen LogP contribution in [0.1, 0.15) is 66.5 Å². The molecular weight excluding hydrogens is 372 g/mol.